The van der Waals surface area contributed by atoms with E-state index in [9.17, 15) is 8.78 Å². The maximum absolute atomic E-state index is 12.3. The first-order valence-corrected chi connectivity index (χ1v) is 9.33. The maximum atomic E-state index is 12.3. The van der Waals surface area contributed by atoms with Gasteiger partial charge in [-0.3, -0.25) is 0 Å². The van der Waals surface area contributed by atoms with Gasteiger partial charge in [-0.1, -0.05) is 30.0 Å². The Kier molecular flexibility index (Phi) is 6.62. The number of anilines is 2. The number of benzene rings is 3. The minimum Gasteiger partial charge on any atom is -0.457 e. The monoisotopic (exact) mass is 402 g/mol. The van der Waals surface area contributed by atoms with Gasteiger partial charge in [-0.25, -0.2) is 0 Å². The molecule has 0 saturated heterocycles. The summed E-state index contributed by atoms with van der Waals surface area (Å²) in [7, 11) is 0. The molecule has 3 rings (SSSR count). The second-order valence-electron chi connectivity index (χ2n) is 5.42. The van der Waals surface area contributed by atoms with Gasteiger partial charge in [-0.15, -0.1) is 0 Å². The summed E-state index contributed by atoms with van der Waals surface area (Å²) in [6.07, 6.45) is 0. The zero-order valence-corrected chi connectivity index (χ0v) is 15.7. The van der Waals surface area contributed by atoms with Crippen LogP contribution < -0.4 is 15.4 Å². The van der Waals surface area contributed by atoms with Crippen LogP contribution in [0.3, 0.4) is 0 Å². The van der Waals surface area contributed by atoms with Gasteiger partial charge in [0.15, 0.2) is 5.11 Å². The van der Waals surface area contributed by atoms with Crippen molar-refractivity contribution < 1.29 is 13.5 Å². The van der Waals surface area contributed by atoms with Gasteiger partial charge >= 0.3 is 0 Å². The normalized spacial score (nSPS) is 10.5. The Morgan fingerprint density at radius 3 is 1.85 bits per heavy atom. The number of nitrogens with one attached hydrogen (secondary N) is 2. The molecule has 0 unspecified atom stereocenters. The molecule has 3 aromatic rings. The van der Waals surface area contributed by atoms with Crippen LogP contribution in [0, 0.1) is 0 Å². The molecule has 0 aliphatic carbocycles. The zero-order valence-electron chi connectivity index (χ0n) is 14.1. The number of alkyl halides is 2. The van der Waals surface area contributed by atoms with Gasteiger partial charge < -0.3 is 15.4 Å². The molecule has 138 valence electrons. The molecule has 0 fully saturated rings. The van der Waals surface area contributed by atoms with Crippen LogP contribution in [0.4, 0.5) is 20.2 Å². The number of hydrogen-bond donors (Lipinski definition) is 2. The van der Waals surface area contributed by atoms with Crippen LogP contribution in [0.5, 0.6) is 11.5 Å². The first-order valence-electron chi connectivity index (χ1n) is 8.04. The Bertz CT molecular complexity index is 873. The number of halogens is 2. The Morgan fingerprint density at radius 2 is 1.30 bits per heavy atom. The van der Waals surface area contributed by atoms with Crippen molar-refractivity contribution in [3.05, 3.63) is 78.9 Å². The van der Waals surface area contributed by atoms with Gasteiger partial charge in [0.25, 0.3) is 5.76 Å². The van der Waals surface area contributed by atoms with Gasteiger partial charge in [0.1, 0.15) is 11.5 Å². The SMILES string of the molecule is FC(F)Sc1ccc(NC(=S)Nc2ccc(Oc3ccccc3)cc2)cc1. The van der Waals surface area contributed by atoms with Crippen molar-refractivity contribution >= 4 is 40.5 Å². The Labute approximate surface area is 165 Å². The van der Waals surface area contributed by atoms with Crippen LogP contribution in [0.15, 0.2) is 83.8 Å². The van der Waals surface area contributed by atoms with Gasteiger partial charge in [-0.2, -0.15) is 8.78 Å². The molecule has 3 aromatic carbocycles. The molecule has 0 aromatic heterocycles. The minimum atomic E-state index is -2.43. The lowest BCUT2D eigenvalue weighted by Gasteiger charge is -2.12. The topological polar surface area (TPSA) is 33.3 Å². The molecule has 0 heterocycles. The molecule has 0 bridgehead atoms. The van der Waals surface area contributed by atoms with Crippen molar-refractivity contribution in [3.63, 3.8) is 0 Å². The van der Waals surface area contributed by atoms with Crippen molar-refractivity contribution in [1.29, 1.82) is 0 Å². The molecule has 0 radical (unpaired) electrons. The molecule has 27 heavy (non-hydrogen) atoms. The highest BCUT2D eigenvalue weighted by molar-refractivity contribution is 7.99. The molecular formula is C20H16F2N2OS2. The van der Waals surface area contributed by atoms with Gasteiger partial charge in [0.2, 0.25) is 0 Å². The van der Waals surface area contributed by atoms with E-state index in [2.05, 4.69) is 10.6 Å². The fourth-order valence-electron chi connectivity index (χ4n) is 2.24. The van der Waals surface area contributed by atoms with Gasteiger partial charge in [-0.05, 0) is 72.9 Å². The predicted octanol–water partition coefficient (Wildman–Crippen LogP) is 6.60. The van der Waals surface area contributed by atoms with E-state index < -0.39 is 5.76 Å². The second kappa shape index (κ2) is 9.34. The molecule has 3 nitrogen and oxygen atoms in total. The van der Waals surface area contributed by atoms with E-state index in [0.29, 0.717) is 21.8 Å². The summed E-state index contributed by atoms with van der Waals surface area (Å²) in [5, 5.41) is 6.49. The Morgan fingerprint density at radius 1 is 0.778 bits per heavy atom. The highest BCUT2D eigenvalue weighted by Crippen LogP contribution is 2.26. The summed E-state index contributed by atoms with van der Waals surface area (Å²) in [4.78, 5) is 0.503. The standard InChI is InChI=1S/C20H16F2N2OS2/c21-19(22)27-18-12-8-15(9-13-18)24-20(26)23-14-6-10-17(11-7-14)25-16-4-2-1-3-5-16/h1-13,19H,(H2,23,24,26). The number of para-hydroxylation sites is 1. The van der Waals surface area contributed by atoms with Crippen LogP contribution in [0.2, 0.25) is 0 Å². The fourth-order valence-corrected chi connectivity index (χ4v) is 2.98. The average Bonchev–Trinajstić information content (AvgIpc) is 2.65. The zero-order chi connectivity index (χ0) is 19.1. The van der Waals surface area contributed by atoms with Crippen molar-refractivity contribution in [2.45, 2.75) is 10.7 Å². The van der Waals surface area contributed by atoms with E-state index in [1.54, 1.807) is 24.3 Å². The third-order valence-electron chi connectivity index (χ3n) is 3.43. The summed E-state index contributed by atoms with van der Waals surface area (Å²) < 4.78 is 30.4. The smallest absolute Gasteiger partial charge is 0.288 e. The van der Waals surface area contributed by atoms with Crippen LogP contribution in [0.1, 0.15) is 0 Å². The van der Waals surface area contributed by atoms with Gasteiger partial charge in [0.05, 0.1) is 0 Å². The molecule has 0 aliphatic heterocycles. The van der Waals surface area contributed by atoms with Crippen molar-refractivity contribution in [2.75, 3.05) is 10.6 Å². The quantitative estimate of drug-likeness (QED) is 0.358. The highest BCUT2D eigenvalue weighted by atomic mass is 32.2. The van der Waals surface area contributed by atoms with Crippen LogP contribution >= 0.6 is 24.0 Å². The van der Waals surface area contributed by atoms with Crippen molar-refractivity contribution in [1.82, 2.24) is 0 Å². The van der Waals surface area contributed by atoms with Crippen LogP contribution in [-0.2, 0) is 0 Å². The molecule has 0 saturated carbocycles. The molecule has 7 heteroatoms. The van der Waals surface area contributed by atoms with Crippen molar-refractivity contribution in [3.8, 4) is 11.5 Å². The van der Waals surface area contributed by atoms with E-state index in [1.807, 2.05) is 54.6 Å². The number of hydrogen-bond acceptors (Lipinski definition) is 3. The van der Waals surface area contributed by atoms with Gasteiger partial charge in [0, 0.05) is 16.3 Å². The summed E-state index contributed by atoms with van der Waals surface area (Å²) in [5.41, 5.74) is 1.52. The lowest BCUT2D eigenvalue weighted by Crippen LogP contribution is -2.18. The summed E-state index contributed by atoms with van der Waals surface area (Å²) in [6.45, 7) is 0. The lowest BCUT2D eigenvalue weighted by molar-refractivity contribution is 0.252. The van der Waals surface area contributed by atoms with Crippen LogP contribution in [-0.4, -0.2) is 10.9 Å². The Hall–Kier alpha value is -2.64. The Balaban J connectivity index is 1.53. The number of thiocarbonyl (C=S) groups is 1. The van der Waals surface area contributed by atoms with E-state index >= 15 is 0 Å². The number of rotatable bonds is 6. The minimum absolute atomic E-state index is 0.404. The third kappa shape index (κ3) is 6.23. The molecule has 0 aliphatic rings. The van der Waals surface area contributed by atoms with E-state index in [1.165, 1.54) is 0 Å². The molecule has 0 spiro atoms. The molecule has 0 atom stereocenters. The lowest BCUT2D eigenvalue weighted by atomic mass is 10.3. The van der Waals surface area contributed by atoms with Crippen molar-refractivity contribution in [2.24, 2.45) is 0 Å². The summed E-state index contributed by atoms with van der Waals surface area (Å²) in [5.74, 6) is -0.943. The number of ether oxygens (including phenoxy) is 1. The predicted molar refractivity (Wildman–Crippen MR) is 111 cm³/mol. The highest BCUT2D eigenvalue weighted by Gasteiger charge is 2.05. The number of thioether (sulfide) groups is 1. The average molecular weight is 402 g/mol. The van der Waals surface area contributed by atoms with E-state index in [0.717, 1.165) is 22.9 Å². The maximum Gasteiger partial charge on any atom is 0.288 e. The molecular weight excluding hydrogens is 386 g/mol. The summed E-state index contributed by atoms with van der Waals surface area (Å²) >= 11 is 5.79. The first kappa shape index (κ1) is 19.1. The fraction of sp³-hybridized carbons (Fsp3) is 0.0500. The van der Waals surface area contributed by atoms with E-state index in [-0.39, 0.29) is 0 Å². The van der Waals surface area contributed by atoms with E-state index in [4.69, 9.17) is 17.0 Å². The second-order valence-corrected chi connectivity index (χ2v) is 6.89. The molecule has 0 amide bonds. The summed E-state index contributed by atoms with van der Waals surface area (Å²) in [6, 6.07) is 23.6. The third-order valence-corrected chi connectivity index (χ3v) is 4.36. The largest absolute Gasteiger partial charge is 0.457 e. The van der Waals surface area contributed by atoms with Crippen LogP contribution in [0.25, 0.3) is 0 Å². The molecule has 2 N–H and O–H groups in total. The first-order chi connectivity index (χ1) is 13.1.